The Balaban J connectivity index is 2.64. The summed E-state index contributed by atoms with van der Waals surface area (Å²) < 4.78 is 38.5. The van der Waals surface area contributed by atoms with Crippen molar-refractivity contribution in [1.82, 2.24) is 10.2 Å². The molecule has 2 N–H and O–H groups in total. The van der Waals surface area contributed by atoms with Gasteiger partial charge < -0.3 is 15.5 Å². The first-order valence-electron chi connectivity index (χ1n) is 6.26. The number of urea groups is 1. The predicted molar refractivity (Wildman–Crippen MR) is 76.6 cm³/mol. The lowest BCUT2D eigenvalue weighted by atomic mass is 10.1. The molecule has 8 heteroatoms. The molecule has 21 heavy (non-hydrogen) atoms. The smallest absolute Gasteiger partial charge is 0.338 e. The third-order valence-corrected chi connectivity index (χ3v) is 2.84. The predicted octanol–water partition coefficient (Wildman–Crippen LogP) is 3.43. The fourth-order valence-corrected chi connectivity index (χ4v) is 1.80. The van der Waals surface area contributed by atoms with Gasteiger partial charge in [0.2, 0.25) is 0 Å². The summed E-state index contributed by atoms with van der Waals surface area (Å²) in [7, 11) is 3.78. The van der Waals surface area contributed by atoms with Crippen LogP contribution in [0.2, 0.25) is 5.02 Å². The summed E-state index contributed by atoms with van der Waals surface area (Å²) in [4.78, 5) is 13.5. The lowest BCUT2D eigenvalue weighted by Gasteiger charge is -2.15. The fraction of sp³-hybridized carbons (Fsp3) is 0.462. The quantitative estimate of drug-likeness (QED) is 0.815. The van der Waals surface area contributed by atoms with Crippen LogP contribution in [0.3, 0.4) is 0 Å². The van der Waals surface area contributed by atoms with Crippen LogP contribution in [0, 0.1) is 0 Å². The van der Waals surface area contributed by atoms with E-state index in [1.165, 1.54) is 6.07 Å². The molecule has 0 aliphatic rings. The van der Waals surface area contributed by atoms with Gasteiger partial charge in [-0.1, -0.05) is 11.6 Å². The second-order valence-electron chi connectivity index (χ2n) is 4.73. The standard InChI is InChI=1S/C13H17ClF3N3O/c1-20(2)7-3-6-18-12(21)19-11-5-4-9(14)8-10(11)13(15,16)17/h4-5,8H,3,6-7H2,1-2H3,(H2,18,19,21). The van der Waals surface area contributed by atoms with Gasteiger partial charge in [-0.15, -0.1) is 0 Å². The van der Waals surface area contributed by atoms with E-state index < -0.39 is 17.8 Å². The maximum absolute atomic E-state index is 12.8. The average Bonchev–Trinajstić information content (AvgIpc) is 2.35. The molecule has 0 heterocycles. The Morgan fingerprint density at radius 3 is 2.57 bits per heavy atom. The molecule has 0 spiro atoms. The third-order valence-electron chi connectivity index (χ3n) is 2.60. The number of rotatable bonds is 5. The largest absolute Gasteiger partial charge is 0.418 e. The highest BCUT2D eigenvalue weighted by Gasteiger charge is 2.34. The van der Waals surface area contributed by atoms with Crippen molar-refractivity contribution >= 4 is 23.3 Å². The number of carbonyl (C=O) groups is 1. The van der Waals surface area contributed by atoms with Crippen molar-refractivity contribution in [2.45, 2.75) is 12.6 Å². The number of anilines is 1. The van der Waals surface area contributed by atoms with Gasteiger partial charge in [0, 0.05) is 11.6 Å². The van der Waals surface area contributed by atoms with Crippen LogP contribution >= 0.6 is 11.6 Å². The van der Waals surface area contributed by atoms with Gasteiger partial charge in [-0.3, -0.25) is 0 Å². The van der Waals surface area contributed by atoms with Crippen LogP contribution in [0.4, 0.5) is 23.7 Å². The molecule has 0 aromatic heterocycles. The SMILES string of the molecule is CN(C)CCCNC(=O)Nc1ccc(Cl)cc1C(F)(F)F. The number of nitrogens with one attached hydrogen (secondary N) is 2. The minimum Gasteiger partial charge on any atom is -0.338 e. The van der Waals surface area contributed by atoms with Crippen molar-refractivity contribution in [3.05, 3.63) is 28.8 Å². The van der Waals surface area contributed by atoms with E-state index in [2.05, 4.69) is 10.6 Å². The maximum atomic E-state index is 12.8. The summed E-state index contributed by atoms with van der Waals surface area (Å²) in [5, 5.41) is 4.65. The number of alkyl halides is 3. The van der Waals surface area contributed by atoms with Crippen LogP contribution in [0.25, 0.3) is 0 Å². The van der Waals surface area contributed by atoms with Gasteiger partial charge in [0.1, 0.15) is 0 Å². The zero-order valence-corrected chi connectivity index (χ0v) is 12.5. The molecule has 0 saturated heterocycles. The molecule has 1 aromatic rings. The molecule has 0 aliphatic carbocycles. The van der Waals surface area contributed by atoms with Crippen molar-refractivity contribution in [3.8, 4) is 0 Å². The normalized spacial score (nSPS) is 11.6. The Bertz CT molecular complexity index is 492. The lowest BCUT2D eigenvalue weighted by molar-refractivity contribution is -0.136. The van der Waals surface area contributed by atoms with Crippen LogP contribution in [0.15, 0.2) is 18.2 Å². The molecule has 0 saturated carbocycles. The molecular formula is C13H17ClF3N3O. The van der Waals surface area contributed by atoms with Gasteiger partial charge in [0.15, 0.2) is 0 Å². The van der Waals surface area contributed by atoms with E-state index in [1.807, 2.05) is 19.0 Å². The summed E-state index contributed by atoms with van der Waals surface area (Å²) in [6.45, 7) is 1.15. The second kappa shape index (κ2) is 7.51. The number of amides is 2. The van der Waals surface area contributed by atoms with Crippen LogP contribution in [0.1, 0.15) is 12.0 Å². The van der Waals surface area contributed by atoms with E-state index in [9.17, 15) is 18.0 Å². The van der Waals surface area contributed by atoms with Gasteiger partial charge >= 0.3 is 12.2 Å². The molecule has 1 rings (SSSR count). The van der Waals surface area contributed by atoms with E-state index in [1.54, 1.807) is 0 Å². The fourth-order valence-electron chi connectivity index (χ4n) is 1.62. The monoisotopic (exact) mass is 323 g/mol. The van der Waals surface area contributed by atoms with Crippen LogP contribution in [-0.2, 0) is 6.18 Å². The molecule has 0 aliphatic heterocycles. The molecule has 0 fully saturated rings. The Morgan fingerprint density at radius 2 is 2.00 bits per heavy atom. The summed E-state index contributed by atoms with van der Waals surface area (Å²) >= 11 is 5.56. The van der Waals surface area contributed by atoms with E-state index in [0.29, 0.717) is 13.0 Å². The van der Waals surface area contributed by atoms with Gasteiger partial charge in [0.05, 0.1) is 11.3 Å². The summed E-state index contributed by atoms with van der Waals surface area (Å²) in [6, 6.07) is 2.52. The molecule has 1 aromatic carbocycles. The van der Waals surface area contributed by atoms with Crippen LogP contribution in [-0.4, -0.2) is 38.1 Å². The molecule has 0 atom stereocenters. The number of carbonyl (C=O) groups excluding carboxylic acids is 1. The van der Waals surface area contributed by atoms with Crippen molar-refractivity contribution in [2.24, 2.45) is 0 Å². The van der Waals surface area contributed by atoms with E-state index >= 15 is 0 Å². The van der Waals surface area contributed by atoms with Crippen LogP contribution < -0.4 is 10.6 Å². The van der Waals surface area contributed by atoms with Crippen molar-refractivity contribution < 1.29 is 18.0 Å². The van der Waals surface area contributed by atoms with Crippen molar-refractivity contribution in [1.29, 1.82) is 0 Å². The molecule has 0 unspecified atom stereocenters. The third kappa shape index (κ3) is 6.22. The Morgan fingerprint density at radius 1 is 1.33 bits per heavy atom. The van der Waals surface area contributed by atoms with E-state index in [4.69, 9.17) is 11.6 Å². The van der Waals surface area contributed by atoms with Gasteiger partial charge in [0.25, 0.3) is 0 Å². The average molecular weight is 324 g/mol. The van der Waals surface area contributed by atoms with E-state index in [-0.39, 0.29) is 10.7 Å². The molecule has 2 amide bonds. The molecule has 118 valence electrons. The van der Waals surface area contributed by atoms with Gasteiger partial charge in [-0.05, 0) is 45.3 Å². The van der Waals surface area contributed by atoms with Crippen molar-refractivity contribution in [3.63, 3.8) is 0 Å². The summed E-state index contributed by atoms with van der Waals surface area (Å²) in [5.41, 5.74) is -1.30. The van der Waals surface area contributed by atoms with Gasteiger partial charge in [-0.25, -0.2) is 4.79 Å². The Kier molecular flexibility index (Phi) is 6.29. The Hall–Kier alpha value is -1.47. The number of benzene rings is 1. The highest BCUT2D eigenvalue weighted by atomic mass is 35.5. The number of hydrogen-bond donors (Lipinski definition) is 2. The topological polar surface area (TPSA) is 44.4 Å². The highest BCUT2D eigenvalue weighted by Crippen LogP contribution is 2.36. The lowest BCUT2D eigenvalue weighted by Crippen LogP contribution is -2.31. The van der Waals surface area contributed by atoms with E-state index in [0.717, 1.165) is 18.7 Å². The minimum absolute atomic E-state index is 0.0423. The molecule has 0 bridgehead atoms. The summed E-state index contributed by atoms with van der Waals surface area (Å²) in [5.74, 6) is 0. The maximum Gasteiger partial charge on any atom is 0.418 e. The highest BCUT2D eigenvalue weighted by molar-refractivity contribution is 6.30. The molecule has 4 nitrogen and oxygen atoms in total. The van der Waals surface area contributed by atoms with Crippen molar-refractivity contribution in [2.75, 3.05) is 32.5 Å². The second-order valence-corrected chi connectivity index (χ2v) is 5.16. The van der Waals surface area contributed by atoms with Crippen LogP contribution in [0.5, 0.6) is 0 Å². The zero-order chi connectivity index (χ0) is 16.0. The first-order valence-corrected chi connectivity index (χ1v) is 6.64. The molecule has 0 radical (unpaired) electrons. The first kappa shape index (κ1) is 17.6. The minimum atomic E-state index is -4.58. The Labute approximate surface area is 126 Å². The zero-order valence-electron chi connectivity index (χ0n) is 11.7. The number of halogens is 4. The number of hydrogen-bond acceptors (Lipinski definition) is 2. The molecular weight excluding hydrogens is 307 g/mol. The summed E-state index contributed by atoms with van der Waals surface area (Å²) in [6.07, 6.45) is -3.88. The number of nitrogens with zero attached hydrogens (tertiary/aromatic N) is 1. The van der Waals surface area contributed by atoms with Gasteiger partial charge in [-0.2, -0.15) is 13.2 Å². The first-order chi connectivity index (χ1) is 9.70.